The summed E-state index contributed by atoms with van der Waals surface area (Å²) in [6, 6.07) is 1.49. The van der Waals surface area contributed by atoms with E-state index in [4.69, 9.17) is 20.0 Å². The van der Waals surface area contributed by atoms with E-state index in [0.29, 0.717) is 29.6 Å². The van der Waals surface area contributed by atoms with Gasteiger partial charge < -0.3 is 34.0 Å². The molecule has 0 amide bonds. The Labute approximate surface area is 361 Å². The number of piperidine rings is 2. The average molecular weight is 816 g/mol. The highest BCUT2D eigenvalue weighted by atomic mass is 16.5. The van der Waals surface area contributed by atoms with Crippen molar-refractivity contribution in [1.29, 1.82) is 10.5 Å². The number of likely N-dealkylation sites (N-methyl/N-ethyl adjacent to an activating group) is 1. The van der Waals surface area contributed by atoms with E-state index in [9.17, 15) is 0 Å². The van der Waals surface area contributed by atoms with Gasteiger partial charge in [0.05, 0.1) is 38.0 Å². The van der Waals surface area contributed by atoms with Gasteiger partial charge in [-0.1, -0.05) is 104 Å². The number of hydrogen-bond donors (Lipinski definition) is 0. The molecule has 5 fully saturated rings. The molecule has 0 aromatic rings. The summed E-state index contributed by atoms with van der Waals surface area (Å²) in [7, 11) is 6.64. The molecule has 0 aromatic heterocycles. The van der Waals surface area contributed by atoms with Gasteiger partial charge in [-0.3, -0.25) is 0 Å². The smallest absolute Gasteiger partial charge is 0.179 e. The molecule has 340 valence electrons. The van der Waals surface area contributed by atoms with Gasteiger partial charge in [-0.25, -0.2) is 0 Å². The Balaban J connectivity index is 0.000000363. The molecule has 5 aliphatic heterocycles. The van der Waals surface area contributed by atoms with Crippen molar-refractivity contribution in [2.45, 2.75) is 187 Å². The second kappa shape index (κ2) is 23.6. The molecule has 7 unspecified atom stereocenters. The lowest BCUT2D eigenvalue weighted by Crippen LogP contribution is -2.50. The zero-order valence-corrected chi connectivity index (χ0v) is 42.1. The third kappa shape index (κ3) is 19.8. The van der Waals surface area contributed by atoms with Gasteiger partial charge in [-0.15, -0.1) is 0 Å². The second-order valence-corrected chi connectivity index (χ2v) is 24.0. The van der Waals surface area contributed by atoms with Gasteiger partial charge >= 0.3 is 0 Å². The summed E-state index contributed by atoms with van der Waals surface area (Å²) in [5, 5.41) is 17.6. The zero-order valence-electron chi connectivity index (χ0n) is 42.1. The first-order chi connectivity index (χ1) is 26.4. The van der Waals surface area contributed by atoms with E-state index in [2.05, 4.69) is 159 Å². The lowest BCUT2D eigenvalue weighted by molar-refractivity contribution is -0.0861. The Kier molecular flexibility index (Phi) is 22.1. The van der Waals surface area contributed by atoms with Crippen LogP contribution in [0.3, 0.4) is 0 Å². The van der Waals surface area contributed by atoms with Crippen LogP contribution >= 0.6 is 0 Å². The van der Waals surface area contributed by atoms with Crippen LogP contribution in [-0.4, -0.2) is 135 Å². The van der Waals surface area contributed by atoms with Crippen molar-refractivity contribution in [1.82, 2.24) is 24.5 Å². The van der Waals surface area contributed by atoms with E-state index in [-0.39, 0.29) is 28.4 Å². The van der Waals surface area contributed by atoms with Crippen LogP contribution in [0.1, 0.15) is 156 Å². The summed E-state index contributed by atoms with van der Waals surface area (Å²) in [5.41, 5.74) is 1.67. The maximum Gasteiger partial charge on any atom is 0.179 e. The largest absolute Gasteiger partial charge is 0.375 e. The Hall–Kier alpha value is -1.62. The van der Waals surface area contributed by atoms with Gasteiger partial charge in [0.1, 0.15) is 0 Å². The lowest BCUT2D eigenvalue weighted by atomic mass is 9.75. The molecule has 0 bridgehead atoms. The third-order valence-electron chi connectivity index (χ3n) is 13.4. The minimum absolute atomic E-state index is 0.120. The van der Waals surface area contributed by atoms with Crippen LogP contribution in [-0.2, 0) is 9.47 Å². The van der Waals surface area contributed by atoms with E-state index in [1.54, 1.807) is 4.90 Å². The van der Waals surface area contributed by atoms with Crippen molar-refractivity contribution in [3.8, 4) is 12.4 Å². The zero-order chi connectivity index (χ0) is 44.9. The first-order valence-corrected chi connectivity index (χ1v) is 23.0. The fraction of sp³-hybridized carbons (Fsp3) is 0.959. The van der Waals surface area contributed by atoms with Crippen LogP contribution in [0.15, 0.2) is 0 Å². The molecule has 5 saturated heterocycles. The summed E-state index contributed by atoms with van der Waals surface area (Å²) in [4.78, 5) is 11.0. The van der Waals surface area contributed by atoms with Crippen LogP contribution in [0.5, 0.6) is 0 Å². The van der Waals surface area contributed by atoms with Crippen molar-refractivity contribution in [3.63, 3.8) is 0 Å². The first-order valence-electron chi connectivity index (χ1n) is 23.0. The fourth-order valence-electron chi connectivity index (χ4n) is 8.37. The number of rotatable bonds is 0. The fourth-order valence-corrected chi connectivity index (χ4v) is 8.37. The van der Waals surface area contributed by atoms with E-state index < -0.39 is 0 Å². The number of hydrogen-bond acceptors (Lipinski definition) is 9. The van der Waals surface area contributed by atoms with Crippen molar-refractivity contribution in [2.24, 2.45) is 38.9 Å². The molecule has 0 aromatic carbocycles. The molecule has 0 aliphatic carbocycles. The number of nitriles is 2. The quantitative estimate of drug-likeness (QED) is 0.222. The highest BCUT2D eigenvalue weighted by Crippen LogP contribution is 2.35. The van der Waals surface area contributed by atoms with Crippen molar-refractivity contribution < 1.29 is 9.47 Å². The van der Waals surface area contributed by atoms with Crippen molar-refractivity contribution >= 4 is 0 Å². The second-order valence-electron chi connectivity index (χ2n) is 24.0. The molecular weight excluding hydrogens is 719 g/mol. The highest BCUT2D eigenvalue weighted by Gasteiger charge is 2.35. The number of morpholine rings is 2. The molecule has 58 heavy (non-hydrogen) atoms. The third-order valence-corrected chi connectivity index (χ3v) is 13.4. The minimum atomic E-state index is 0.120. The molecule has 5 aliphatic rings. The van der Waals surface area contributed by atoms with Crippen molar-refractivity contribution in [2.75, 3.05) is 80.2 Å². The van der Waals surface area contributed by atoms with Crippen LogP contribution in [0.2, 0.25) is 0 Å². The van der Waals surface area contributed by atoms with Crippen LogP contribution in [0.25, 0.3) is 0 Å². The Bertz CT molecular complexity index is 1190. The maximum absolute atomic E-state index is 8.87. The molecule has 5 heterocycles. The first kappa shape index (κ1) is 54.4. The summed E-state index contributed by atoms with van der Waals surface area (Å²) in [6.45, 7) is 47.5. The summed E-state index contributed by atoms with van der Waals surface area (Å²) in [5.74, 6) is 1.79. The van der Waals surface area contributed by atoms with Crippen LogP contribution < -0.4 is 0 Å². The van der Waals surface area contributed by atoms with Gasteiger partial charge in [-0.2, -0.15) is 10.5 Å². The standard InChI is InChI=1S/C11H23N.C10H18N2O.C10H21N.C9H16N2.C9H19NO/c1-9-6-7-10(8-12(9)5)11(2,3)4;1-8-6-13-9(10(2,3)4)5-12(8)7-11;1-10(2,3)9-6-5-7-11(4)8-9;1-9(2,3)8-5-4-6-11(8)7-10;1-9(2,3)8-7-10(4)5-6-11-8/h9-10H,6-8H2,1-5H3;8-9H,5-6H2,1-4H3;9H,5-8H2,1-4H3;8H,4-6H2,1-3H3;8H,5-7H2,1-4H3. The minimum Gasteiger partial charge on any atom is -0.375 e. The molecule has 5 rings (SSSR count). The molecule has 0 spiro atoms. The van der Waals surface area contributed by atoms with Gasteiger partial charge in [0, 0.05) is 44.8 Å². The Morgan fingerprint density at radius 2 is 0.983 bits per heavy atom. The topological polar surface area (TPSA) is 82.2 Å². The van der Waals surface area contributed by atoms with E-state index >= 15 is 0 Å². The predicted molar refractivity (Wildman–Crippen MR) is 246 cm³/mol. The van der Waals surface area contributed by atoms with Gasteiger partial charge in [0.25, 0.3) is 0 Å². The highest BCUT2D eigenvalue weighted by molar-refractivity contribution is 4.94. The summed E-state index contributed by atoms with van der Waals surface area (Å²) >= 11 is 0. The van der Waals surface area contributed by atoms with E-state index in [0.717, 1.165) is 50.7 Å². The van der Waals surface area contributed by atoms with Crippen LogP contribution in [0, 0.1) is 61.8 Å². The van der Waals surface area contributed by atoms with Crippen LogP contribution in [0.4, 0.5) is 0 Å². The monoisotopic (exact) mass is 816 g/mol. The molecule has 9 heteroatoms. The summed E-state index contributed by atoms with van der Waals surface area (Å²) in [6.07, 6.45) is 13.0. The van der Waals surface area contributed by atoms with Gasteiger partial charge in [0.2, 0.25) is 0 Å². The molecular formula is C49H97N7O2. The number of likely N-dealkylation sites (tertiary alicyclic amines) is 3. The predicted octanol–water partition coefficient (Wildman–Crippen LogP) is 10.1. The molecule has 9 nitrogen and oxygen atoms in total. The van der Waals surface area contributed by atoms with E-state index in [1.165, 1.54) is 58.2 Å². The molecule has 0 saturated carbocycles. The molecule has 0 radical (unpaired) electrons. The lowest BCUT2D eigenvalue weighted by Gasteiger charge is -2.41. The molecule has 0 N–H and O–H groups in total. The Morgan fingerprint density at radius 3 is 1.38 bits per heavy atom. The van der Waals surface area contributed by atoms with Gasteiger partial charge in [-0.05, 0) is 119 Å². The Morgan fingerprint density at radius 1 is 0.483 bits per heavy atom. The summed E-state index contributed by atoms with van der Waals surface area (Å²) < 4.78 is 11.4. The van der Waals surface area contributed by atoms with Crippen molar-refractivity contribution in [3.05, 3.63) is 0 Å². The maximum atomic E-state index is 8.87. The molecule has 7 atom stereocenters. The van der Waals surface area contributed by atoms with E-state index in [1.807, 2.05) is 11.8 Å². The SMILES string of the molecule is CC(C)(C)C1CCCN1C#N.CC1CCC(C(C)(C)C)CN1C.CC1COC(C(C)(C)C)CN1C#N.CN1CCCC(C(C)(C)C)C1.CN1CCOC(C(C)(C)C)C1. The number of ether oxygens (including phenoxy) is 2. The average Bonchev–Trinajstić information content (AvgIpc) is 3.60. The number of nitrogens with zero attached hydrogens (tertiary/aromatic N) is 7. The normalized spacial score (nSPS) is 29.4. The van der Waals surface area contributed by atoms with Gasteiger partial charge in [0.15, 0.2) is 12.4 Å².